The quantitative estimate of drug-likeness (QED) is 0.521. The van der Waals surface area contributed by atoms with Gasteiger partial charge in [0.25, 0.3) is 5.69 Å². The number of nitro benzene ring substituents is 1. The van der Waals surface area contributed by atoms with Gasteiger partial charge in [-0.15, -0.1) is 0 Å². The van der Waals surface area contributed by atoms with E-state index in [1.54, 1.807) is 0 Å². The molecule has 0 aromatic heterocycles. The standard InChI is InChI=1S/C13H18N4O4/c18-13(19)11-2-1-10(17(20)21)9-12(11)15-5-8-16-6-3-14-4-7-16/h1-2,9,14-15H,3-8H2,(H,18,19). The average molecular weight is 294 g/mol. The van der Waals surface area contributed by atoms with Gasteiger partial charge in [-0.05, 0) is 6.07 Å². The average Bonchev–Trinajstić information content (AvgIpc) is 2.48. The minimum Gasteiger partial charge on any atom is -0.478 e. The van der Waals surface area contributed by atoms with Gasteiger partial charge in [-0.3, -0.25) is 15.0 Å². The zero-order valence-electron chi connectivity index (χ0n) is 11.5. The van der Waals surface area contributed by atoms with Crippen molar-refractivity contribution in [3.8, 4) is 0 Å². The summed E-state index contributed by atoms with van der Waals surface area (Å²) < 4.78 is 0. The summed E-state index contributed by atoms with van der Waals surface area (Å²) >= 11 is 0. The van der Waals surface area contributed by atoms with Gasteiger partial charge in [0, 0.05) is 51.4 Å². The van der Waals surface area contributed by atoms with Crippen LogP contribution in [0.3, 0.4) is 0 Å². The van der Waals surface area contributed by atoms with Gasteiger partial charge in [0.2, 0.25) is 0 Å². The van der Waals surface area contributed by atoms with Crippen molar-refractivity contribution >= 4 is 17.3 Å². The SMILES string of the molecule is O=C(O)c1ccc([N+](=O)[O-])cc1NCCN1CCNCC1. The number of piperazine rings is 1. The van der Waals surface area contributed by atoms with Crippen molar-refractivity contribution in [1.82, 2.24) is 10.2 Å². The van der Waals surface area contributed by atoms with Gasteiger partial charge in [-0.2, -0.15) is 0 Å². The molecule has 0 spiro atoms. The number of carboxylic acids is 1. The van der Waals surface area contributed by atoms with Crippen LogP contribution in [0, 0.1) is 10.1 Å². The number of carbonyl (C=O) groups is 1. The molecule has 0 saturated carbocycles. The van der Waals surface area contributed by atoms with Crippen LogP contribution in [0.5, 0.6) is 0 Å². The molecule has 0 aliphatic carbocycles. The van der Waals surface area contributed by atoms with Gasteiger partial charge in [0.1, 0.15) is 0 Å². The van der Waals surface area contributed by atoms with E-state index in [0.717, 1.165) is 32.7 Å². The highest BCUT2D eigenvalue weighted by Crippen LogP contribution is 2.22. The van der Waals surface area contributed by atoms with E-state index < -0.39 is 10.9 Å². The highest BCUT2D eigenvalue weighted by Gasteiger charge is 2.15. The number of nitrogens with one attached hydrogen (secondary N) is 2. The molecule has 8 heteroatoms. The summed E-state index contributed by atoms with van der Waals surface area (Å²) in [5.41, 5.74) is 0.206. The number of hydrogen-bond acceptors (Lipinski definition) is 6. The Morgan fingerprint density at radius 2 is 2.14 bits per heavy atom. The zero-order valence-corrected chi connectivity index (χ0v) is 11.5. The summed E-state index contributed by atoms with van der Waals surface area (Å²) in [5.74, 6) is -1.10. The van der Waals surface area contributed by atoms with Gasteiger partial charge < -0.3 is 15.7 Å². The van der Waals surface area contributed by atoms with Crippen molar-refractivity contribution < 1.29 is 14.8 Å². The number of aromatic carboxylic acids is 1. The molecule has 2 rings (SSSR count). The normalized spacial score (nSPS) is 15.6. The summed E-state index contributed by atoms with van der Waals surface area (Å²) in [6.45, 7) is 5.09. The van der Waals surface area contributed by atoms with Crippen molar-refractivity contribution in [1.29, 1.82) is 0 Å². The Labute approximate surface area is 121 Å². The largest absolute Gasteiger partial charge is 0.478 e. The number of benzene rings is 1. The molecular weight excluding hydrogens is 276 g/mol. The molecule has 0 amide bonds. The first kappa shape index (κ1) is 15.2. The molecule has 3 N–H and O–H groups in total. The molecule has 0 bridgehead atoms. The van der Waals surface area contributed by atoms with Crippen LogP contribution < -0.4 is 10.6 Å². The summed E-state index contributed by atoms with van der Waals surface area (Å²) in [5, 5.41) is 26.1. The summed E-state index contributed by atoms with van der Waals surface area (Å²) in [6.07, 6.45) is 0. The van der Waals surface area contributed by atoms with Crippen LogP contribution >= 0.6 is 0 Å². The monoisotopic (exact) mass is 294 g/mol. The van der Waals surface area contributed by atoms with E-state index >= 15 is 0 Å². The molecule has 1 heterocycles. The fourth-order valence-electron chi connectivity index (χ4n) is 2.26. The van der Waals surface area contributed by atoms with E-state index in [-0.39, 0.29) is 16.9 Å². The maximum absolute atomic E-state index is 11.1. The van der Waals surface area contributed by atoms with E-state index in [2.05, 4.69) is 15.5 Å². The summed E-state index contributed by atoms with van der Waals surface area (Å²) in [6, 6.07) is 3.72. The number of anilines is 1. The van der Waals surface area contributed by atoms with Gasteiger partial charge in [-0.25, -0.2) is 4.79 Å². The first-order chi connectivity index (χ1) is 10.1. The molecule has 1 aromatic rings. The lowest BCUT2D eigenvalue weighted by Crippen LogP contribution is -2.45. The lowest BCUT2D eigenvalue weighted by atomic mass is 10.1. The maximum Gasteiger partial charge on any atom is 0.337 e. The van der Waals surface area contributed by atoms with Crippen LogP contribution in [-0.4, -0.2) is 60.2 Å². The smallest absolute Gasteiger partial charge is 0.337 e. The highest BCUT2D eigenvalue weighted by atomic mass is 16.6. The zero-order chi connectivity index (χ0) is 15.2. The number of rotatable bonds is 6. The summed E-state index contributed by atoms with van der Waals surface area (Å²) in [7, 11) is 0. The number of non-ortho nitro benzene ring substituents is 1. The Morgan fingerprint density at radius 3 is 2.76 bits per heavy atom. The molecule has 1 aromatic carbocycles. The van der Waals surface area contributed by atoms with Gasteiger partial charge in [0.15, 0.2) is 0 Å². The minimum absolute atomic E-state index is 0.0425. The Bertz CT molecular complexity index is 529. The van der Waals surface area contributed by atoms with E-state index in [9.17, 15) is 14.9 Å². The van der Waals surface area contributed by atoms with Crippen LogP contribution in [0.15, 0.2) is 18.2 Å². The molecule has 1 fully saturated rings. The second-order valence-electron chi connectivity index (χ2n) is 4.81. The second kappa shape index (κ2) is 7.00. The van der Waals surface area contributed by atoms with E-state index in [1.165, 1.54) is 18.2 Å². The maximum atomic E-state index is 11.1. The van der Waals surface area contributed by atoms with Gasteiger partial charge in [-0.1, -0.05) is 0 Å². The summed E-state index contributed by atoms with van der Waals surface area (Å²) in [4.78, 5) is 23.6. The Morgan fingerprint density at radius 1 is 1.43 bits per heavy atom. The molecule has 114 valence electrons. The number of nitrogens with zero attached hydrogens (tertiary/aromatic N) is 2. The third-order valence-electron chi connectivity index (χ3n) is 3.40. The molecule has 8 nitrogen and oxygen atoms in total. The lowest BCUT2D eigenvalue weighted by molar-refractivity contribution is -0.384. The van der Waals surface area contributed by atoms with Crippen molar-refractivity contribution in [2.24, 2.45) is 0 Å². The molecular formula is C13H18N4O4. The van der Waals surface area contributed by atoms with Crippen LogP contribution in [0.25, 0.3) is 0 Å². The molecule has 21 heavy (non-hydrogen) atoms. The molecule has 0 atom stereocenters. The fourth-order valence-corrected chi connectivity index (χ4v) is 2.26. The van der Waals surface area contributed by atoms with Gasteiger partial charge >= 0.3 is 5.97 Å². The van der Waals surface area contributed by atoms with Crippen molar-refractivity contribution in [2.45, 2.75) is 0 Å². The first-order valence-corrected chi connectivity index (χ1v) is 6.76. The number of carboxylic acid groups (broad SMARTS) is 1. The lowest BCUT2D eigenvalue weighted by Gasteiger charge is -2.27. The molecule has 1 saturated heterocycles. The Balaban J connectivity index is 2.00. The molecule has 0 unspecified atom stereocenters. The van der Waals surface area contributed by atoms with Crippen molar-refractivity contribution in [3.63, 3.8) is 0 Å². The van der Waals surface area contributed by atoms with Crippen molar-refractivity contribution in [2.75, 3.05) is 44.6 Å². The Hall–Kier alpha value is -2.19. The van der Waals surface area contributed by atoms with Crippen LogP contribution in [0.2, 0.25) is 0 Å². The van der Waals surface area contributed by atoms with Crippen molar-refractivity contribution in [3.05, 3.63) is 33.9 Å². The van der Waals surface area contributed by atoms with Crippen LogP contribution in [0.4, 0.5) is 11.4 Å². The molecule has 0 radical (unpaired) electrons. The topological polar surface area (TPSA) is 108 Å². The van der Waals surface area contributed by atoms with E-state index in [0.29, 0.717) is 6.54 Å². The predicted octanol–water partition coefficient (Wildman–Crippen LogP) is 0.610. The van der Waals surface area contributed by atoms with Crippen LogP contribution in [-0.2, 0) is 0 Å². The third-order valence-corrected chi connectivity index (χ3v) is 3.40. The Kier molecular flexibility index (Phi) is 5.07. The number of nitro groups is 1. The minimum atomic E-state index is -1.10. The third kappa shape index (κ3) is 4.14. The van der Waals surface area contributed by atoms with Gasteiger partial charge in [0.05, 0.1) is 16.2 Å². The molecule has 1 aliphatic heterocycles. The first-order valence-electron chi connectivity index (χ1n) is 6.76. The predicted molar refractivity (Wildman–Crippen MR) is 77.9 cm³/mol. The molecule has 1 aliphatic rings. The fraction of sp³-hybridized carbons (Fsp3) is 0.462. The highest BCUT2D eigenvalue weighted by molar-refractivity contribution is 5.94. The van der Waals surface area contributed by atoms with E-state index in [1.807, 2.05) is 0 Å². The van der Waals surface area contributed by atoms with E-state index in [4.69, 9.17) is 5.11 Å². The second-order valence-corrected chi connectivity index (χ2v) is 4.81. The number of hydrogen-bond donors (Lipinski definition) is 3. The van der Waals surface area contributed by atoms with Crippen LogP contribution in [0.1, 0.15) is 10.4 Å².